The molecule has 0 bridgehead atoms. The highest BCUT2D eigenvalue weighted by molar-refractivity contribution is 6.31. The van der Waals surface area contributed by atoms with E-state index in [1.54, 1.807) is 0 Å². The second kappa shape index (κ2) is 13.8. The maximum absolute atomic E-state index is 5.32. The zero-order valence-corrected chi connectivity index (χ0v) is 32.4. The van der Waals surface area contributed by atoms with Crippen molar-refractivity contribution in [3.05, 3.63) is 212 Å². The second-order valence-corrected chi connectivity index (χ2v) is 15.2. The van der Waals surface area contributed by atoms with Crippen LogP contribution in [0.15, 0.2) is 212 Å². The molecule has 280 valence electrons. The topological polar surface area (TPSA) is 48.5 Å². The van der Waals surface area contributed by atoms with E-state index in [4.69, 9.17) is 15.0 Å². The van der Waals surface area contributed by atoms with Gasteiger partial charge in [0.05, 0.1) is 22.1 Å². The van der Waals surface area contributed by atoms with Gasteiger partial charge in [-0.25, -0.2) is 4.98 Å². The molecule has 3 heterocycles. The van der Waals surface area contributed by atoms with Crippen LogP contribution < -0.4 is 0 Å². The zero-order valence-electron chi connectivity index (χ0n) is 32.4. The van der Waals surface area contributed by atoms with Crippen molar-refractivity contribution in [2.75, 3.05) is 0 Å². The highest BCUT2D eigenvalue weighted by Crippen LogP contribution is 2.44. The maximum atomic E-state index is 5.32. The summed E-state index contributed by atoms with van der Waals surface area (Å²) in [5.41, 5.74) is 12.0. The monoisotopic (exact) mass is 765 g/mol. The van der Waals surface area contributed by atoms with Crippen molar-refractivity contribution in [3.8, 4) is 56.7 Å². The van der Waals surface area contributed by atoms with Crippen LogP contribution >= 0.6 is 0 Å². The number of hydrogen-bond donors (Lipinski definition) is 0. The molecule has 0 amide bonds. The lowest BCUT2D eigenvalue weighted by Gasteiger charge is -2.12. The smallest absolute Gasteiger partial charge is 0.238 e. The minimum absolute atomic E-state index is 0.569. The van der Waals surface area contributed by atoms with E-state index in [2.05, 4.69) is 197 Å². The second-order valence-electron chi connectivity index (χ2n) is 15.2. The summed E-state index contributed by atoms with van der Waals surface area (Å²) >= 11 is 0. The SMILES string of the molecule is c1ccc(-c2cccc(-c3nc(-c4ccccc4)nc(-n4c5ccccc5c5c6c7ccc8ccccc8c7n(-c7cccc(-c8ccccc8)c7)c6ccc54)n3)c2)cc1. The maximum Gasteiger partial charge on any atom is 0.238 e. The van der Waals surface area contributed by atoms with E-state index in [9.17, 15) is 0 Å². The van der Waals surface area contributed by atoms with Gasteiger partial charge in [0.15, 0.2) is 11.6 Å². The molecule has 0 spiro atoms. The first kappa shape index (κ1) is 33.9. The van der Waals surface area contributed by atoms with Gasteiger partial charge in [-0.1, -0.05) is 176 Å². The fraction of sp³-hybridized carbons (Fsp3) is 0. The summed E-state index contributed by atoms with van der Waals surface area (Å²) in [7, 11) is 0. The van der Waals surface area contributed by atoms with Crippen LogP contribution in [0, 0.1) is 0 Å². The third kappa shape index (κ3) is 5.44. The molecule has 0 atom stereocenters. The molecule has 3 aromatic heterocycles. The number of benzene rings is 9. The van der Waals surface area contributed by atoms with Gasteiger partial charge in [-0.05, 0) is 64.0 Å². The molecule has 0 unspecified atom stereocenters. The van der Waals surface area contributed by atoms with Crippen molar-refractivity contribution in [1.29, 1.82) is 0 Å². The molecule has 0 N–H and O–H groups in total. The first-order valence-electron chi connectivity index (χ1n) is 20.3. The molecule has 12 rings (SSSR count). The van der Waals surface area contributed by atoms with Crippen molar-refractivity contribution in [2.45, 2.75) is 0 Å². The summed E-state index contributed by atoms with van der Waals surface area (Å²) in [6.45, 7) is 0. The third-order valence-electron chi connectivity index (χ3n) is 11.7. The summed E-state index contributed by atoms with van der Waals surface area (Å²) in [6, 6.07) is 75.1. The van der Waals surface area contributed by atoms with Gasteiger partial charge >= 0.3 is 0 Å². The number of hydrogen-bond acceptors (Lipinski definition) is 3. The van der Waals surface area contributed by atoms with Crippen LogP contribution in [0.4, 0.5) is 0 Å². The molecule has 9 aromatic carbocycles. The first-order valence-corrected chi connectivity index (χ1v) is 20.3. The summed E-state index contributed by atoms with van der Waals surface area (Å²) in [4.78, 5) is 15.7. The van der Waals surface area contributed by atoms with E-state index < -0.39 is 0 Å². The fourth-order valence-electron chi connectivity index (χ4n) is 9.04. The highest BCUT2D eigenvalue weighted by atomic mass is 15.2. The Balaban J connectivity index is 1.16. The molecule has 0 aliphatic heterocycles. The fourth-order valence-corrected chi connectivity index (χ4v) is 9.04. The van der Waals surface area contributed by atoms with Crippen molar-refractivity contribution >= 4 is 54.4 Å². The Hall–Kier alpha value is -8.15. The van der Waals surface area contributed by atoms with Gasteiger partial charge in [-0.15, -0.1) is 0 Å². The molecule has 5 heteroatoms. The van der Waals surface area contributed by atoms with Crippen LogP contribution in [-0.4, -0.2) is 24.1 Å². The Labute approximate surface area is 346 Å². The molecule has 60 heavy (non-hydrogen) atoms. The lowest BCUT2D eigenvalue weighted by molar-refractivity contribution is 0.953. The molecule has 0 radical (unpaired) electrons. The Morgan fingerprint density at radius 1 is 0.300 bits per heavy atom. The minimum Gasteiger partial charge on any atom is -0.309 e. The average molecular weight is 766 g/mol. The lowest BCUT2D eigenvalue weighted by Crippen LogP contribution is -2.06. The highest BCUT2D eigenvalue weighted by Gasteiger charge is 2.24. The van der Waals surface area contributed by atoms with E-state index in [1.165, 1.54) is 38.2 Å². The first-order chi connectivity index (χ1) is 29.8. The van der Waals surface area contributed by atoms with Gasteiger partial charge in [-0.3, -0.25) is 4.57 Å². The van der Waals surface area contributed by atoms with E-state index in [1.807, 2.05) is 24.3 Å². The molecule has 0 saturated carbocycles. The Morgan fingerprint density at radius 3 is 1.57 bits per heavy atom. The Morgan fingerprint density at radius 2 is 0.833 bits per heavy atom. The summed E-state index contributed by atoms with van der Waals surface area (Å²) in [5.74, 6) is 1.80. The van der Waals surface area contributed by atoms with Crippen molar-refractivity contribution in [1.82, 2.24) is 24.1 Å². The van der Waals surface area contributed by atoms with E-state index >= 15 is 0 Å². The molecule has 12 aromatic rings. The van der Waals surface area contributed by atoms with E-state index in [0.717, 1.165) is 55.3 Å². The zero-order chi connectivity index (χ0) is 39.6. The molecular formula is C55H35N5. The average Bonchev–Trinajstić information content (AvgIpc) is 3.86. The van der Waals surface area contributed by atoms with Gasteiger partial charge in [0.1, 0.15) is 0 Å². The van der Waals surface area contributed by atoms with Crippen molar-refractivity contribution in [2.24, 2.45) is 0 Å². The number of para-hydroxylation sites is 1. The van der Waals surface area contributed by atoms with Gasteiger partial charge in [0.2, 0.25) is 5.95 Å². The Kier molecular flexibility index (Phi) is 7.78. The third-order valence-corrected chi connectivity index (χ3v) is 11.7. The Bertz CT molecular complexity index is 3590. The van der Waals surface area contributed by atoms with Gasteiger partial charge < -0.3 is 4.57 Å². The van der Waals surface area contributed by atoms with Crippen LogP contribution in [0.5, 0.6) is 0 Å². The normalized spacial score (nSPS) is 11.7. The molecule has 0 aliphatic carbocycles. The number of nitrogens with zero attached hydrogens (tertiary/aromatic N) is 5. The minimum atomic E-state index is 0.569. The van der Waals surface area contributed by atoms with E-state index in [0.29, 0.717) is 17.6 Å². The van der Waals surface area contributed by atoms with Crippen LogP contribution in [0.2, 0.25) is 0 Å². The predicted octanol–water partition coefficient (Wildman–Crippen LogP) is 13.9. The number of rotatable bonds is 6. The summed E-state index contributed by atoms with van der Waals surface area (Å²) in [6.07, 6.45) is 0. The molecule has 0 aliphatic rings. The number of fused-ring (bicyclic) bond motifs is 9. The predicted molar refractivity (Wildman–Crippen MR) is 248 cm³/mol. The standard InChI is InChI=1S/C55H35N5/c1-4-16-36(17-5-1)40-23-14-25-42(34-40)54-56-53(39-21-8-3-9-22-39)57-55(58-54)60-47-29-13-12-28-45(47)50-49(60)33-32-48-51(50)46-31-30-38-20-10-11-27-44(38)52(46)59(48)43-26-15-24-41(35-43)37-18-6-2-7-19-37/h1-35H. The molecule has 5 nitrogen and oxygen atoms in total. The van der Waals surface area contributed by atoms with Crippen LogP contribution in [-0.2, 0) is 0 Å². The number of aromatic nitrogens is 5. The summed E-state index contributed by atoms with van der Waals surface area (Å²) < 4.78 is 4.68. The largest absolute Gasteiger partial charge is 0.309 e. The van der Waals surface area contributed by atoms with Gasteiger partial charge in [0, 0.05) is 43.7 Å². The van der Waals surface area contributed by atoms with Gasteiger partial charge in [-0.2, -0.15) is 9.97 Å². The van der Waals surface area contributed by atoms with Crippen LogP contribution in [0.1, 0.15) is 0 Å². The van der Waals surface area contributed by atoms with E-state index in [-0.39, 0.29) is 0 Å². The molecule has 0 fully saturated rings. The molecule has 0 saturated heterocycles. The summed E-state index contributed by atoms with van der Waals surface area (Å²) in [5, 5.41) is 7.10. The molecular weight excluding hydrogens is 731 g/mol. The van der Waals surface area contributed by atoms with Crippen LogP contribution in [0.25, 0.3) is 111 Å². The van der Waals surface area contributed by atoms with Crippen molar-refractivity contribution in [3.63, 3.8) is 0 Å². The lowest BCUT2D eigenvalue weighted by atomic mass is 10.0. The van der Waals surface area contributed by atoms with Crippen molar-refractivity contribution < 1.29 is 0 Å². The quantitative estimate of drug-likeness (QED) is 0.169. The van der Waals surface area contributed by atoms with Gasteiger partial charge in [0.25, 0.3) is 0 Å². The van der Waals surface area contributed by atoms with Crippen LogP contribution in [0.3, 0.4) is 0 Å².